The number of hydrazone groups is 1. The summed E-state index contributed by atoms with van der Waals surface area (Å²) in [5.41, 5.74) is 2.29. The van der Waals surface area contributed by atoms with Gasteiger partial charge >= 0.3 is 11.9 Å². The molecule has 1 heterocycles. The van der Waals surface area contributed by atoms with E-state index in [0.717, 1.165) is 0 Å². The summed E-state index contributed by atoms with van der Waals surface area (Å²) in [6, 6.07) is 10.6. The summed E-state index contributed by atoms with van der Waals surface area (Å²) in [6.45, 7) is 5.04. The number of non-ortho nitro benzene ring substituents is 1. The molecular formula is C26H29N3O9. The second-order valence-corrected chi connectivity index (χ2v) is 9.15. The summed E-state index contributed by atoms with van der Waals surface area (Å²) in [4.78, 5) is 37.1. The van der Waals surface area contributed by atoms with Crippen molar-refractivity contribution in [3.63, 3.8) is 0 Å². The number of nitrogens with one attached hydrogen (secondary N) is 1. The van der Waals surface area contributed by atoms with Crippen LogP contribution in [0.3, 0.4) is 0 Å². The van der Waals surface area contributed by atoms with Gasteiger partial charge in [0.2, 0.25) is 6.79 Å². The molecule has 1 saturated carbocycles. The first-order chi connectivity index (χ1) is 18.2. The number of nitrogens with zero attached hydrogens (tertiary/aromatic N) is 2. The number of aliphatic hydroxyl groups is 1. The number of nitro benzene ring substituents is 1. The van der Waals surface area contributed by atoms with Gasteiger partial charge in [-0.2, -0.15) is 5.10 Å². The van der Waals surface area contributed by atoms with Gasteiger partial charge in [-0.3, -0.25) is 25.1 Å². The van der Waals surface area contributed by atoms with Crippen molar-refractivity contribution in [1.82, 2.24) is 0 Å². The molecule has 1 aliphatic carbocycles. The number of carbonyl (C=O) groups is 2. The van der Waals surface area contributed by atoms with Crippen molar-refractivity contribution in [3.8, 4) is 11.5 Å². The molecule has 0 amide bonds. The van der Waals surface area contributed by atoms with E-state index in [-0.39, 0.29) is 37.8 Å². The van der Waals surface area contributed by atoms with Gasteiger partial charge < -0.3 is 24.1 Å². The predicted octanol–water partition coefficient (Wildman–Crippen LogP) is 3.39. The second-order valence-electron chi connectivity index (χ2n) is 9.15. The maximum atomic E-state index is 13.4. The summed E-state index contributed by atoms with van der Waals surface area (Å²) < 4.78 is 21.6. The van der Waals surface area contributed by atoms with E-state index in [0.29, 0.717) is 22.7 Å². The molecule has 1 fully saturated rings. The van der Waals surface area contributed by atoms with Crippen molar-refractivity contribution in [3.05, 3.63) is 58.1 Å². The van der Waals surface area contributed by atoms with Crippen molar-refractivity contribution in [2.24, 2.45) is 16.9 Å². The lowest BCUT2D eigenvalue weighted by Crippen LogP contribution is -2.55. The minimum Gasteiger partial charge on any atom is -0.466 e. The van der Waals surface area contributed by atoms with E-state index in [1.54, 1.807) is 32.0 Å². The maximum Gasteiger partial charge on any atom is 0.315 e. The molecule has 0 radical (unpaired) electrons. The third-order valence-electron chi connectivity index (χ3n) is 6.56. The average molecular weight is 528 g/mol. The Morgan fingerprint density at radius 2 is 1.76 bits per heavy atom. The van der Waals surface area contributed by atoms with Crippen LogP contribution in [0.1, 0.15) is 38.7 Å². The number of hydrogen-bond donors (Lipinski definition) is 2. The van der Waals surface area contributed by atoms with Crippen LogP contribution in [0.4, 0.5) is 11.4 Å². The monoisotopic (exact) mass is 527 g/mol. The number of nitro groups is 1. The Labute approximate surface area is 218 Å². The topological polar surface area (TPSA) is 159 Å². The van der Waals surface area contributed by atoms with Gasteiger partial charge in [-0.25, -0.2) is 0 Å². The number of hydrogen-bond acceptors (Lipinski definition) is 11. The molecule has 4 atom stereocenters. The summed E-state index contributed by atoms with van der Waals surface area (Å²) in [5, 5.41) is 26.9. The first-order valence-corrected chi connectivity index (χ1v) is 12.2. The summed E-state index contributed by atoms with van der Waals surface area (Å²) in [7, 11) is 0. The molecule has 4 rings (SSSR count). The maximum absolute atomic E-state index is 13.4. The summed E-state index contributed by atoms with van der Waals surface area (Å²) in [5.74, 6) is -3.42. The lowest BCUT2D eigenvalue weighted by Gasteiger charge is -2.45. The number of benzene rings is 2. The number of anilines is 1. The fourth-order valence-electron chi connectivity index (χ4n) is 4.93. The van der Waals surface area contributed by atoms with Gasteiger partial charge in [0.25, 0.3) is 5.69 Å². The Kier molecular flexibility index (Phi) is 7.81. The third-order valence-corrected chi connectivity index (χ3v) is 6.56. The van der Waals surface area contributed by atoms with Crippen LogP contribution in [0.25, 0.3) is 0 Å². The van der Waals surface area contributed by atoms with Crippen molar-refractivity contribution < 1.29 is 38.6 Å². The van der Waals surface area contributed by atoms with Gasteiger partial charge in [0.15, 0.2) is 11.5 Å². The molecule has 38 heavy (non-hydrogen) atoms. The van der Waals surface area contributed by atoms with Crippen molar-refractivity contribution in [1.29, 1.82) is 0 Å². The number of carbonyl (C=O) groups excluding carboxylic acids is 2. The number of rotatable bonds is 8. The van der Waals surface area contributed by atoms with E-state index in [1.807, 2.05) is 0 Å². The van der Waals surface area contributed by atoms with Crippen LogP contribution in [0.5, 0.6) is 11.5 Å². The highest BCUT2D eigenvalue weighted by atomic mass is 16.7. The Morgan fingerprint density at radius 1 is 1.11 bits per heavy atom. The van der Waals surface area contributed by atoms with Crippen LogP contribution < -0.4 is 14.9 Å². The van der Waals surface area contributed by atoms with Crippen LogP contribution in [0, 0.1) is 22.0 Å². The lowest BCUT2D eigenvalue weighted by molar-refractivity contribution is -0.384. The molecule has 202 valence electrons. The normalized spacial score (nSPS) is 25.1. The smallest absolute Gasteiger partial charge is 0.315 e. The zero-order valence-corrected chi connectivity index (χ0v) is 21.2. The molecule has 0 saturated heterocycles. The summed E-state index contributed by atoms with van der Waals surface area (Å²) >= 11 is 0. The van der Waals surface area contributed by atoms with Crippen LogP contribution in [-0.4, -0.2) is 53.3 Å². The van der Waals surface area contributed by atoms with Gasteiger partial charge in [-0.05, 0) is 50.6 Å². The largest absolute Gasteiger partial charge is 0.466 e. The Balaban J connectivity index is 1.80. The zero-order valence-electron chi connectivity index (χ0n) is 21.2. The van der Waals surface area contributed by atoms with Gasteiger partial charge in [0.1, 0.15) is 5.92 Å². The van der Waals surface area contributed by atoms with E-state index < -0.39 is 40.2 Å². The van der Waals surface area contributed by atoms with Crippen LogP contribution in [0.2, 0.25) is 0 Å². The third kappa shape index (κ3) is 5.40. The van der Waals surface area contributed by atoms with Gasteiger partial charge in [0, 0.05) is 24.5 Å². The molecule has 2 aliphatic rings. The molecule has 2 aromatic rings. The highest BCUT2D eigenvalue weighted by molar-refractivity contribution is 6.06. The Morgan fingerprint density at radius 3 is 2.42 bits per heavy atom. The zero-order chi connectivity index (χ0) is 27.4. The van der Waals surface area contributed by atoms with Crippen LogP contribution >= 0.6 is 0 Å². The Bertz CT molecular complexity index is 1240. The van der Waals surface area contributed by atoms with Gasteiger partial charge in [-0.1, -0.05) is 6.07 Å². The van der Waals surface area contributed by atoms with Crippen LogP contribution in [0.15, 0.2) is 47.6 Å². The van der Waals surface area contributed by atoms with Crippen molar-refractivity contribution in [2.75, 3.05) is 25.4 Å². The lowest BCUT2D eigenvalue weighted by atomic mass is 9.61. The van der Waals surface area contributed by atoms with E-state index in [2.05, 4.69) is 10.5 Å². The molecule has 12 heteroatoms. The molecule has 0 bridgehead atoms. The summed E-state index contributed by atoms with van der Waals surface area (Å²) in [6.07, 6.45) is -0.138. The fourth-order valence-corrected chi connectivity index (χ4v) is 4.93. The highest BCUT2D eigenvalue weighted by Crippen LogP contribution is 2.49. The van der Waals surface area contributed by atoms with Crippen molar-refractivity contribution >= 4 is 29.0 Å². The van der Waals surface area contributed by atoms with E-state index >= 15 is 0 Å². The van der Waals surface area contributed by atoms with E-state index in [9.17, 15) is 24.8 Å². The van der Waals surface area contributed by atoms with Crippen LogP contribution in [-0.2, 0) is 19.1 Å². The average Bonchev–Trinajstić information content (AvgIpc) is 3.35. The molecule has 12 nitrogen and oxygen atoms in total. The first-order valence-electron chi connectivity index (χ1n) is 12.2. The van der Waals surface area contributed by atoms with E-state index in [1.165, 1.54) is 31.2 Å². The second kappa shape index (κ2) is 11.1. The highest BCUT2D eigenvalue weighted by Gasteiger charge is 2.56. The minimum atomic E-state index is -1.65. The SMILES string of the molecule is CCOC(=O)[C@H]1/C(=N/Nc2ccc([N+](=O)[O-])cc2)C[C@](C)(O)[C@@H](C(=O)OCC)[C@H]1c1ccc2c(c1)OCO2. The first kappa shape index (κ1) is 26.9. The molecule has 2 N–H and O–H groups in total. The van der Waals surface area contributed by atoms with Crippen molar-refractivity contribution in [2.45, 2.75) is 38.7 Å². The quantitative estimate of drug-likeness (QED) is 0.296. The molecular weight excluding hydrogens is 498 g/mol. The molecule has 2 aromatic carbocycles. The molecule has 0 spiro atoms. The molecule has 1 aliphatic heterocycles. The fraction of sp³-hybridized carbons (Fsp3) is 0.423. The molecule has 0 unspecified atom stereocenters. The number of fused-ring (bicyclic) bond motifs is 1. The van der Waals surface area contributed by atoms with E-state index in [4.69, 9.17) is 18.9 Å². The van der Waals surface area contributed by atoms with Gasteiger partial charge in [-0.15, -0.1) is 0 Å². The standard InChI is InChI=1S/C26H29N3O9/c1-4-35-24(30)22-18(28-27-16-7-9-17(10-8-16)29(33)34)13-26(3,32)23(25(31)36-5-2)21(22)15-6-11-19-20(12-15)38-14-37-19/h6-12,21-23,27,32H,4-5,13-14H2,1-3H3/b28-18+/t21-,22-,23+,26-/m0/s1. The number of ether oxygens (including phenoxy) is 4. The number of esters is 2. The Hall–Kier alpha value is -4.19. The minimum absolute atomic E-state index is 0.0373. The molecule has 0 aromatic heterocycles. The van der Waals surface area contributed by atoms with Gasteiger partial charge in [0.05, 0.1) is 41.1 Å². The predicted molar refractivity (Wildman–Crippen MR) is 135 cm³/mol.